The molecule has 0 unspecified atom stereocenters. The summed E-state index contributed by atoms with van der Waals surface area (Å²) in [4.78, 5) is 29.9. The summed E-state index contributed by atoms with van der Waals surface area (Å²) in [6.07, 6.45) is 2.36. The van der Waals surface area contributed by atoms with Gasteiger partial charge in [-0.1, -0.05) is 13.8 Å². The lowest BCUT2D eigenvalue weighted by atomic mass is 10.1. The van der Waals surface area contributed by atoms with E-state index in [1.54, 1.807) is 22.4 Å². The van der Waals surface area contributed by atoms with Crippen molar-refractivity contribution in [2.45, 2.75) is 26.8 Å². The third-order valence-corrected chi connectivity index (χ3v) is 4.10. The van der Waals surface area contributed by atoms with Gasteiger partial charge >= 0.3 is 5.97 Å². The minimum absolute atomic E-state index is 0.175. The molecule has 2 aromatic heterocycles. The van der Waals surface area contributed by atoms with Crippen molar-refractivity contribution in [2.75, 3.05) is 13.7 Å². The maximum atomic E-state index is 12.5. The highest BCUT2D eigenvalue weighted by Gasteiger charge is 2.21. The average molecular weight is 336 g/mol. The van der Waals surface area contributed by atoms with E-state index in [1.165, 1.54) is 24.7 Å². The Balaban J connectivity index is 2.12. The molecule has 0 fully saturated rings. The molecule has 0 radical (unpaired) electrons. The number of ether oxygens (including phenoxy) is 1. The zero-order valence-electron chi connectivity index (χ0n) is 13.4. The fraction of sp³-hybridized carbons (Fsp3) is 0.438. The SMILES string of the molecule is COC(=O)c1csc(CN(CCC(C)C)C(=O)c2ccco2)n1. The standard InChI is InChI=1S/C16H20N2O4S/c1-11(2)6-7-18(15(19)13-5-4-8-22-13)9-14-17-12(10-23-14)16(20)21-3/h4-5,8,10-11H,6-7,9H2,1-3H3. The molecule has 0 saturated heterocycles. The number of aromatic nitrogens is 1. The van der Waals surface area contributed by atoms with Crippen LogP contribution in [0, 0.1) is 5.92 Å². The third-order valence-electron chi connectivity index (χ3n) is 3.27. The Bertz CT molecular complexity index is 649. The molecule has 0 atom stereocenters. The van der Waals surface area contributed by atoms with Crippen LogP contribution in [0.15, 0.2) is 28.2 Å². The summed E-state index contributed by atoms with van der Waals surface area (Å²) in [6, 6.07) is 3.33. The molecule has 1 amide bonds. The first kappa shape index (κ1) is 17.2. The van der Waals surface area contributed by atoms with Crippen LogP contribution in [-0.4, -0.2) is 35.4 Å². The smallest absolute Gasteiger partial charge is 0.357 e. The van der Waals surface area contributed by atoms with Gasteiger partial charge in [-0.15, -0.1) is 11.3 Å². The molecule has 7 heteroatoms. The van der Waals surface area contributed by atoms with Crippen molar-refractivity contribution < 1.29 is 18.7 Å². The lowest BCUT2D eigenvalue weighted by Gasteiger charge is -2.21. The molecule has 0 spiro atoms. The quantitative estimate of drug-likeness (QED) is 0.726. The molecule has 0 aliphatic carbocycles. The van der Waals surface area contributed by atoms with Crippen LogP contribution in [-0.2, 0) is 11.3 Å². The molecular formula is C16H20N2O4S. The normalized spacial score (nSPS) is 10.8. The molecule has 0 N–H and O–H groups in total. The second-order valence-corrected chi connectivity index (χ2v) is 6.45. The fourth-order valence-electron chi connectivity index (χ4n) is 1.97. The van der Waals surface area contributed by atoms with E-state index in [0.717, 1.165) is 6.42 Å². The lowest BCUT2D eigenvalue weighted by Crippen LogP contribution is -2.32. The van der Waals surface area contributed by atoms with E-state index in [0.29, 0.717) is 29.8 Å². The van der Waals surface area contributed by atoms with Crippen molar-refractivity contribution in [3.8, 4) is 0 Å². The maximum Gasteiger partial charge on any atom is 0.357 e. The first-order valence-electron chi connectivity index (χ1n) is 7.36. The molecule has 124 valence electrons. The van der Waals surface area contributed by atoms with E-state index in [-0.39, 0.29) is 11.6 Å². The van der Waals surface area contributed by atoms with Crippen molar-refractivity contribution in [3.63, 3.8) is 0 Å². The van der Waals surface area contributed by atoms with E-state index in [1.807, 2.05) is 0 Å². The minimum atomic E-state index is -0.474. The number of amides is 1. The average Bonchev–Trinajstić information content (AvgIpc) is 3.21. The van der Waals surface area contributed by atoms with Gasteiger partial charge in [0.25, 0.3) is 5.91 Å². The summed E-state index contributed by atoms with van der Waals surface area (Å²) >= 11 is 1.33. The van der Waals surface area contributed by atoms with Gasteiger partial charge in [0.15, 0.2) is 11.5 Å². The van der Waals surface area contributed by atoms with Gasteiger partial charge in [-0.05, 0) is 24.5 Å². The van der Waals surface area contributed by atoms with Gasteiger partial charge in [0.05, 0.1) is 19.9 Å². The van der Waals surface area contributed by atoms with E-state index in [9.17, 15) is 9.59 Å². The van der Waals surface area contributed by atoms with Crippen LogP contribution in [0.1, 0.15) is 46.3 Å². The summed E-state index contributed by atoms with van der Waals surface area (Å²) in [6.45, 7) is 5.15. The Morgan fingerprint density at radius 2 is 2.22 bits per heavy atom. The second kappa shape index (κ2) is 7.92. The Kier molecular flexibility index (Phi) is 5.92. The summed E-state index contributed by atoms with van der Waals surface area (Å²) in [5.41, 5.74) is 0.266. The Labute approximate surface area is 139 Å². The van der Waals surface area contributed by atoms with Crippen molar-refractivity contribution in [2.24, 2.45) is 5.92 Å². The van der Waals surface area contributed by atoms with Gasteiger partial charge in [0.1, 0.15) is 5.01 Å². The zero-order valence-corrected chi connectivity index (χ0v) is 14.3. The molecule has 0 aliphatic heterocycles. The predicted octanol–water partition coefficient (Wildman–Crippen LogP) is 3.21. The largest absolute Gasteiger partial charge is 0.464 e. The lowest BCUT2D eigenvalue weighted by molar-refractivity contribution is 0.0594. The van der Waals surface area contributed by atoms with Crippen LogP contribution in [0.25, 0.3) is 0 Å². The molecule has 2 heterocycles. The molecule has 0 aromatic carbocycles. The molecular weight excluding hydrogens is 316 g/mol. The highest BCUT2D eigenvalue weighted by molar-refractivity contribution is 7.09. The highest BCUT2D eigenvalue weighted by atomic mass is 32.1. The van der Waals surface area contributed by atoms with E-state index in [4.69, 9.17) is 4.42 Å². The van der Waals surface area contributed by atoms with Crippen LogP contribution >= 0.6 is 11.3 Å². The first-order chi connectivity index (χ1) is 11.0. The monoisotopic (exact) mass is 336 g/mol. The Hall–Kier alpha value is -2.15. The first-order valence-corrected chi connectivity index (χ1v) is 8.24. The zero-order chi connectivity index (χ0) is 16.8. The van der Waals surface area contributed by atoms with Crippen molar-refractivity contribution in [1.82, 2.24) is 9.88 Å². The number of rotatable bonds is 7. The van der Waals surface area contributed by atoms with Crippen molar-refractivity contribution in [1.29, 1.82) is 0 Å². The highest BCUT2D eigenvalue weighted by Crippen LogP contribution is 2.17. The maximum absolute atomic E-state index is 12.5. The van der Waals surface area contributed by atoms with E-state index >= 15 is 0 Å². The van der Waals surface area contributed by atoms with Crippen molar-refractivity contribution >= 4 is 23.2 Å². The fourth-order valence-corrected chi connectivity index (χ4v) is 2.75. The molecule has 0 saturated carbocycles. The number of hydrogen-bond acceptors (Lipinski definition) is 6. The number of furan rings is 1. The van der Waals surface area contributed by atoms with E-state index in [2.05, 4.69) is 23.6 Å². The molecule has 0 aliphatic rings. The molecule has 23 heavy (non-hydrogen) atoms. The van der Waals surface area contributed by atoms with Crippen LogP contribution in [0.2, 0.25) is 0 Å². The van der Waals surface area contributed by atoms with Gasteiger partial charge < -0.3 is 14.1 Å². The topological polar surface area (TPSA) is 72.6 Å². The molecule has 0 bridgehead atoms. The predicted molar refractivity (Wildman–Crippen MR) is 86.4 cm³/mol. The Morgan fingerprint density at radius 3 is 2.83 bits per heavy atom. The number of esters is 1. The van der Waals surface area contributed by atoms with Crippen molar-refractivity contribution in [3.05, 3.63) is 40.2 Å². The van der Waals surface area contributed by atoms with Crippen LogP contribution in [0.3, 0.4) is 0 Å². The molecule has 2 rings (SSSR count). The number of methoxy groups -OCH3 is 1. The number of hydrogen-bond donors (Lipinski definition) is 0. The summed E-state index contributed by atoms with van der Waals surface area (Å²) < 4.78 is 9.85. The van der Waals surface area contributed by atoms with Gasteiger partial charge in [-0.3, -0.25) is 4.79 Å². The van der Waals surface area contributed by atoms with Gasteiger partial charge in [-0.25, -0.2) is 9.78 Å². The number of carbonyl (C=O) groups excluding carboxylic acids is 2. The molecule has 2 aromatic rings. The summed E-state index contributed by atoms with van der Waals surface area (Å²) in [7, 11) is 1.32. The third kappa shape index (κ3) is 4.66. The Morgan fingerprint density at radius 1 is 1.43 bits per heavy atom. The van der Waals surface area contributed by atoms with Gasteiger partial charge in [0, 0.05) is 11.9 Å². The molecule has 6 nitrogen and oxygen atoms in total. The second-order valence-electron chi connectivity index (χ2n) is 5.50. The van der Waals surface area contributed by atoms with E-state index < -0.39 is 5.97 Å². The van der Waals surface area contributed by atoms with Gasteiger partial charge in [-0.2, -0.15) is 0 Å². The number of carbonyl (C=O) groups is 2. The van der Waals surface area contributed by atoms with Gasteiger partial charge in [0.2, 0.25) is 0 Å². The van der Waals surface area contributed by atoms with Crippen LogP contribution in [0.5, 0.6) is 0 Å². The number of thiazole rings is 1. The summed E-state index contributed by atoms with van der Waals surface area (Å²) in [5.74, 6) is 0.131. The van der Waals surface area contributed by atoms with Crippen LogP contribution in [0.4, 0.5) is 0 Å². The minimum Gasteiger partial charge on any atom is -0.464 e. The number of nitrogens with zero attached hydrogens (tertiary/aromatic N) is 2. The summed E-state index contributed by atoms with van der Waals surface area (Å²) in [5, 5.41) is 2.33. The van der Waals surface area contributed by atoms with Crippen LogP contribution < -0.4 is 0 Å².